The molecule has 0 spiro atoms. The third-order valence-electron chi connectivity index (χ3n) is 2.27. The number of aryl methyl sites for hydroxylation is 1. The van der Waals surface area contributed by atoms with E-state index in [0.717, 1.165) is 16.1 Å². The normalized spacial score (nSPS) is 10.6. The molecule has 0 aliphatic carbocycles. The van der Waals surface area contributed by atoms with Crippen LogP contribution in [0.15, 0.2) is 30.3 Å². The molecule has 0 aliphatic rings. The molecule has 0 radical (unpaired) electrons. The van der Waals surface area contributed by atoms with Crippen molar-refractivity contribution in [1.82, 2.24) is 0 Å². The minimum atomic E-state index is 0.550. The summed E-state index contributed by atoms with van der Waals surface area (Å²) in [4.78, 5) is 2.49. The van der Waals surface area contributed by atoms with Crippen LogP contribution < -0.4 is 5.73 Å². The molecule has 0 amide bonds. The smallest absolute Gasteiger partial charge is 0.0492 e. The van der Waals surface area contributed by atoms with Crippen LogP contribution in [-0.4, -0.2) is 0 Å². The first-order valence-electron chi connectivity index (χ1n) is 4.76. The van der Waals surface area contributed by atoms with Gasteiger partial charge in [-0.25, -0.2) is 0 Å². The van der Waals surface area contributed by atoms with Gasteiger partial charge in [-0.3, -0.25) is 0 Å². The van der Waals surface area contributed by atoms with Crippen LogP contribution in [0.1, 0.15) is 10.4 Å². The quantitative estimate of drug-likeness (QED) is 0.844. The summed E-state index contributed by atoms with van der Waals surface area (Å²) in [7, 11) is 0. The van der Waals surface area contributed by atoms with Crippen LogP contribution in [0, 0.1) is 6.92 Å². The lowest BCUT2D eigenvalue weighted by molar-refractivity contribution is 1.07. The van der Waals surface area contributed by atoms with Crippen LogP contribution in [0.2, 0.25) is 5.02 Å². The summed E-state index contributed by atoms with van der Waals surface area (Å²) in [5.41, 5.74) is 7.81. The molecular formula is C12H12ClNS. The Balaban J connectivity index is 2.51. The average molecular weight is 238 g/mol. The number of hydrogen-bond donors (Lipinski definition) is 1. The molecule has 0 unspecified atom stereocenters. The molecule has 0 fully saturated rings. The molecule has 1 heterocycles. The van der Waals surface area contributed by atoms with E-state index < -0.39 is 0 Å². The van der Waals surface area contributed by atoms with Crippen LogP contribution >= 0.6 is 22.9 Å². The van der Waals surface area contributed by atoms with Gasteiger partial charge in [-0.05, 0) is 36.8 Å². The summed E-state index contributed by atoms with van der Waals surface area (Å²) in [6.45, 7) is 2.64. The monoisotopic (exact) mass is 237 g/mol. The zero-order valence-electron chi connectivity index (χ0n) is 8.46. The molecule has 15 heavy (non-hydrogen) atoms. The standard InChI is InChI=1S/C12H12ClNS/c1-8-2-5-12(15-8)10-6-9(7-14)3-4-11(10)13/h2-6H,7,14H2,1H3. The minimum absolute atomic E-state index is 0.550. The molecule has 2 N–H and O–H groups in total. The first-order valence-corrected chi connectivity index (χ1v) is 5.95. The predicted molar refractivity (Wildman–Crippen MR) is 67.4 cm³/mol. The Labute approximate surface area is 98.5 Å². The van der Waals surface area contributed by atoms with Gasteiger partial charge >= 0.3 is 0 Å². The molecule has 0 atom stereocenters. The zero-order chi connectivity index (χ0) is 10.8. The third kappa shape index (κ3) is 2.23. The van der Waals surface area contributed by atoms with E-state index in [4.69, 9.17) is 17.3 Å². The Hall–Kier alpha value is -0.830. The van der Waals surface area contributed by atoms with E-state index in [-0.39, 0.29) is 0 Å². The molecule has 2 aromatic rings. The van der Waals surface area contributed by atoms with E-state index in [0.29, 0.717) is 6.54 Å². The highest BCUT2D eigenvalue weighted by atomic mass is 35.5. The number of hydrogen-bond acceptors (Lipinski definition) is 2. The van der Waals surface area contributed by atoms with E-state index in [1.54, 1.807) is 11.3 Å². The van der Waals surface area contributed by atoms with Gasteiger partial charge in [0.1, 0.15) is 0 Å². The Bertz CT molecular complexity index is 476. The fourth-order valence-electron chi connectivity index (χ4n) is 1.47. The summed E-state index contributed by atoms with van der Waals surface area (Å²) in [6, 6.07) is 10.1. The third-order valence-corrected chi connectivity index (χ3v) is 3.64. The highest BCUT2D eigenvalue weighted by molar-refractivity contribution is 7.15. The molecule has 78 valence electrons. The second-order valence-electron chi connectivity index (χ2n) is 3.43. The van der Waals surface area contributed by atoms with E-state index >= 15 is 0 Å². The summed E-state index contributed by atoms with van der Waals surface area (Å²) in [6.07, 6.45) is 0. The van der Waals surface area contributed by atoms with Gasteiger partial charge in [0.15, 0.2) is 0 Å². The minimum Gasteiger partial charge on any atom is -0.326 e. The van der Waals surface area contributed by atoms with Crippen LogP contribution in [0.5, 0.6) is 0 Å². The van der Waals surface area contributed by atoms with E-state index in [1.807, 2.05) is 12.1 Å². The first-order chi connectivity index (χ1) is 7.20. The summed E-state index contributed by atoms with van der Waals surface area (Å²) < 4.78 is 0. The van der Waals surface area contributed by atoms with E-state index in [1.165, 1.54) is 9.75 Å². The largest absolute Gasteiger partial charge is 0.326 e. The number of halogens is 1. The number of rotatable bonds is 2. The lowest BCUT2D eigenvalue weighted by Crippen LogP contribution is -1.95. The molecule has 2 rings (SSSR count). The topological polar surface area (TPSA) is 26.0 Å². The number of benzene rings is 1. The first kappa shape index (κ1) is 10.7. The van der Waals surface area contributed by atoms with Crippen molar-refractivity contribution in [3.8, 4) is 10.4 Å². The van der Waals surface area contributed by atoms with E-state index in [2.05, 4.69) is 25.1 Å². The molecule has 1 nitrogen and oxygen atoms in total. The van der Waals surface area contributed by atoms with Crippen LogP contribution in [0.3, 0.4) is 0 Å². The molecule has 0 saturated heterocycles. The Morgan fingerprint density at radius 1 is 1.27 bits per heavy atom. The van der Waals surface area contributed by atoms with Gasteiger partial charge in [0.2, 0.25) is 0 Å². The van der Waals surface area contributed by atoms with Crippen molar-refractivity contribution in [2.45, 2.75) is 13.5 Å². The van der Waals surface area contributed by atoms with Gasteiger partial charge in [-0.2, -0.15) is 0 Å². The second-order valence-corrected chi connectivity index (χ2v) is 5.12. The molecular weight excluding hydrogens is 226 g/mol. The lowest BCUT2D eigenvalue weighted by atomic mass is 10.1. The Kier molecular flexibility index (Phi) is 3.10. The van der Waals surface area contributed by atoms with Gasteiger partial charge in [0.25, 0.3) is 0 Å². The van der Waals surface area contributed by atoms with Gasteiger partial charge < -0.3 is 5.73 Å². The van der Waals surface area contributed by atoms with Crippen LogP contribution in [0.4, 0.5) is 0 Å². The van der Waals surface area contributed by atoms with Crippen molar-refractivity contribution in [1.29, 1.82) is 0 Å². The molecule has 0 aliphatic heterocycles. The maximum absolute atomic E-state index is 6.16. The highest BCUT2D eigenvalue weighted by Crippen LogP contribution is 2.33. The van der Waals surface area contributed by atoms with Gasteiger partial charge in [0.05, 0.1) is 0 Å². The van der Waals surface area contributed by atoms with Gasteiger partial charge in [-0.15, -0.1) is 11.3 Å². The number of thiophene rings is 1. The van der Waals surface area contributed by atoms with Crippen molar-refractivity contribution >= 4 is 22.9 Å². The maximum atomic E-state index is 6.16. The van der Waals surface area contributed by atoms with Crippen molar-refractivity contribution in [2.24, 2.45) is 5.73 Å². The lowest BCUT2D eigenvalue weighted by Gasteiger charge is -2.04. The maximum Gasteiger partial charge on any atom is 0.0492 e. The van der Waals surface area contributed by atoms with Crippen LogP contribution in [-0.2, 0) is 6.54 Å². The SMILES string of the molecule is Cc1ccc(-c2cc(CN)ccc2Cl)s1. The van der Waals surface area contributed by atoms with Gasteiger partial charge in [0, 0.05) is 26.9 Å². The van der Waals surface area contributed by atoms with E-state index in [9.17, 15) is 0 Å². The van der Waals surface area contributed by atoms with Crippen molar-refractivity contribution in [3.05, 3.63) is 45.8 Å². The summed E-state index contributed by atoms with van der Waals surface area (Å²) in [5, 5.41) is 0.786. The fraction of sp³-hybridized carbons (Fsp3) is 0.167. The van der Waals surface area contributed by atoms with Crippen molar-refractivity contribution in [3.63, 3.8) is 0 Å². The zero-order valence-corrected chi connectivity index (χ0v) is 10.0. The Morgan fingerprint density at radius 3 is 2.67 bits per heavy atom. The number of nitrogens with two attached hydrogens (primary N) is 1. The molecule has 0 saturated carbocycles. The second kappa shape index (κ2) is 4.35. The fourth-order valence-corrected chi connectivity index (χ4v) is 2.64. The highest BCUT2D eigenvalue weighted by Gasteiger charge is 2.06. The van der Waals surface area contributed by atoms with Crippen LogP contribution in [0.25, 0.3) is 10.4 Å². The summed E-state index contributed by atoms with van der Waals surface area (Å²) in [5.74, 6) is 0. The molecule has 0 bridgehead atoms. The summed E-state index contributed by atoms with van der Waals surface area (Å²) >= 11 is 7.91. The predicted octanol–water partition coefficient (Wildman–Crippen LogP) is 3.84. The average Bonchev–Trinajstić information content (AvgIpc) is 2.65. The van der Waals surface area contributed by atoms with Crippen molar-refractivity contribution < 1.29 is 0 Å². The molecule has 1 aromatic carbocycles. The van der Waals surface area contributed by atoms with Gasteiger partial charge in [-0.1, -0.05) is 17.7 Å². The Morgan fingerprint density at radius 2 is 2.07 bits per heavy atom. The molecule has 1 aromatic heterocycles. The van der Waals surface area contributed by atoms with Crippen molar-refractivity contribution in [2.75, 3.05) is 0 Å². The molecule has 3 heteroatoms.